The molecule has 18 heavy (non-hydrogen) atoms. The fourth-order valence-electron chi connectivity index (χ4n) is 1.46. The average Bonchev–Trinajstić information content (AvgIpc) is 2.40. The first kappa shape index (κ1) is 12.2. The fourth-order valence-corrected chi connectivity index (χ4v) is 1.58. The maximum absolute atomic E-state index is 11.9. The molecule has 0 radical (unpaired) electrons. The van der Waals surface area contributed by atoms with Crippen molar-refractivity contribution < 1.29 is 4.79 Å². The highest BCUT2D eigenvalue weighted by Crippen LogP contribution is 2.12. The summed E-state index contributed by atoms with van der Waals surface area (Å²) in [5, 5.41) is 2.77. The average molecular weight is 257 g/mol. The third kappa shape index (κ3) is 2.89. The maximum Gasteiger partial charge on any atom is 0.255 e. The van der Waals surface area contributed by atoms with Crippen molar-refractivity contribution in [2.75, 3.05) is 5.32 Å². The molecule has 0 spiro atoms. The Morgan fingerprint density at radius 3 is 2.56 bits per heavy atom. The second-order valence-corrected chi connectivity index (χ2v) is 4.07. The minimum atomic E-state index is -0.197. The molecule has 0 aliphatic carbocycles. The Bertz CT molecular complexity index is 584. The van der Waals surface area contributed by atoms with Crippen molar-refractivity contribution >= 4 is 28.8 Å². The van der Waals surface area contributed by atoms with Crippen molar-refractivity contribution in [3.63, 3.8) is 0 Å². The van der Waals surface area contributed by atoms with E-state index >= 15 is 0 Å². The Labute approximate surface area is 110 Å². The molecule has 0 bridgehead atoms. The molecule has 0 saturated carbocycles. The first-order chi connectivity index (χ1) is 8.66. The van der Waals surface area contributed by atoms with Crippen LogP contribution in [0.25, 0.3) is 0 Å². The number of anilines is 1. The van der Waals surface area contributed by atoms with Gasteiger partial charge < -0.3 is 11.1 Å². The molecule has 0 fully saturated rings. The number of hydrogen-bond donors (Lipinski definition) is 2. The van der Waals surface area contributed by atoms with Crippen LogP contribution in [0.1, 0.15) is 15.9 Å². The van der Waals surface area contributed by atoms with E-state index in [2.05, 4.69) is 10.3 Å². The van der Waals surface area contributed by atoms with Crippen LogP contribution < -0.4 is 11.1 Å². The lowest BCUT2D eigenvalue weighted by Crippen LogP contribution is -2.13. The number of rotatable bonds is 3. The standard InChI is InChI=1S/C13H11N3OS/c14-12(18)10-2-1-3-11(8-10)16-13(17)9-4-6-15-7-5-9/h1-8H,(H2,14,18)(H,16,17). The molecule has 90 valence electrons. The molecule has 0 aliphatic rings. The minimum absolute atomic E-state index is 0.197. The first-order valence-electron chi connectivity index (χ1n) is 5.28. The van der Waals surface area contributed by atoms with Gasteiger partial charge in [-0.1, -0.05) is 24.4 Å². The molecule has 0 saturated heterocycles. The number of aromatic nitrogens is 1. The van der Waals surface area contributed by atoms with Crippen LogP contribution >= 0.6 is 12.2 Å². The van der Waals surface area contributed by atoms with Gasteiger partial charge in [-0.25, -0.2) is 0 Å². The van der Waals surface area contributed by atoms with Crippen molar-refractivity contribution in [1.82, 2.24) is 4.98 Å². The molecule has 0 aliphatic heterocycles. The van der Waals surface area contributed by atoms with Crippen LogP contribution in [0.2, 0.25) is 0 Å². The zero-order valence-electron chi connectivity index (χ0n) is 9.46. The normalized spacial score (nSPS) is 9.78. The van der Waals surface area contributed by atoms with Crippen LogP contribution in [0.3, 0.4) is 0 Å². The van der Waals surface area contributed by atoms with Gasteiger partial charge in [-0.15, -0.1) is 0 Å². The number of nitrogens with zero attached hydrogens (tertiary/aromatic N) is 1. The number of amides is 1. The van der Waals surface area contributed by atoms with Gasteiger partial charge >= 0.3 is 0 Å². The lowest BCUT2D eigenvalue weighted by Gasteiger charge is -2.06. The smallest absolute Gasteiger partial charge is 0.255 e. The Balaban J connectivity index is 2.17. The SMILES string of the molecule is NC(=S)c1cccc(NC(=O)c2ccncc2)c1. The van der Waals surface area contributed by atoms with Gasteiger partial charge in [0.25, 0.3) is 5.91 Å². The van der Waals surface area contributed by atoms with E-state index in [1.54, 1.807) is 48.8 Å². The molecule has 3 N–H and O–H groups in total. The highest BCUT2D eigenvalue weighted by molar-refractivity contribution is 7.80. The summed E-state index contributed by atoms with van der Waals surface area (Å²) in [5.41, 5.74) is 7.46. The van der Waals surface area contributed by atoms with E-state index in [4.69, 9.17) is 18.0 Å². The molecule has 1 heterocycles. The number of pyridine rings is 1. The predicted octanol–water partition coefficient (Wildman–Crippen LogP) is 1.97. The van der Waals surface area contributed by atoms with E-state index < -0.39 is 0 Å². The molecule has 1 amide bonds. The van der Waals surface area contributed by atoms with Crippen LogP contribution in [0.4, 0.5) is 5.69 Å². The monoisotopic (exact) mass is 257 g/mol. The van der Waals surface area contributed by atoms with Crippen molar-refractivity contribution in [1.29, 1.82) is 0 Å². The Morgan fingerprint density at radius 2 is 1.89 bits per heavy atom. The second kappa shape index (κ2) is 5.37. The second-order valence-electron chi connectivity index (χ2n) is 3.64. The molecule has 2 rings (SSSR count). The van der Waals surface area contributed by atoms with Gasteiger partial charge in [-0.05, 0) is 24.3 Å². The third-order valence-corrected chi connectivity index (χ3v) is 2.58. The summed E-state index contributed by atoms with van der Waals surface area (Å²) < 4.78 is 0. The molecule has 0 atom stereocenters. The van der Waals surface area contributed by atoms with Crippen molar-refractivity contribution in [2.45, 2.75) is 0 Å². The summed E-state index contributed by atoms with van der Waals surface area (Å²) in [7, 11) is 0. The number of carbonyl (C=O) groups is 1. The van der Waals surface area contributed by atoms with Crippen LogP contribution in [0, 0.1) is 0 Å². The first-order valence-corrected chi connectivity index (χ1v) is 5.69. The van der Waals surface area contributed by atoms with E-state index in [1.165, 1.54) is 0 Å². The molecular weight excluding hydrogens is 246 g/mol. The van der Waals surface area contributed by atoms with Crippen LogP contribution in [-0.4, -0.2) is 15.9 Å². The van der Waals surface area contributed by atoms with E-state index in [-0.39, 0.29) is 5.91 Å². The summed E-state index contributed by atoms with van der Waals surface area (Å²) in [6.07, 6.45) is 3.14. The quantitative estimate of drug-likeness (QED) is 0.825. The minimum Gasteiger partial charge on any atom is -0.389 e. The largest absolute Gasteiger partial charge is 0.389 e. The summed E-state index contributed by atoms with van der Waals surface area (Å²) in [6.45, 7) is 0. The van der Waals surface area contributed by atoms with Crippen molar-refractivity contribution in [2.24, 2.45) is 5.73 Å². The van der Waals surface area contributed by atoms with Gasteiger partial charge in [0.15, 0.2) is 0 Å². The van der Waals surface area contributed by atoms with Gasteiger partial charge in [0, 0.05) is 29.2 Å². The summed E-state index contributed by atoms with van der Waals surface area (Å²) >= 11 is 4.89. The van der Waals surface area contributed by atoms with Crippen molar-refractivity contribution in [3.8, 4) is 0 Å². The Kier molecular flexibility index (Phi) is 3.64. The van der Waals surface area contributed by atoms with Crippen LogP contribution in [0.5, 0.6) is 0 Å². The fraction of sp³-hybridized carbons (Fsp3) is 0. The maximum atomic E-state index is 11.9. The highest BCUT2D eigenvalue weighted by atomic mass is 32.1. The van der Waals surface area contributed by atoms with Gasteiger partial charge in [0.1, 0.15) is 4.99 Å². The molecule has 4 nitrogen and oxygen atoms in total. The lowest BCUT2D eigenvalue weighted by molar-refractivity contribution is 0.102. The molecule has 1 aromatic heterocycles. The highest BCUT2D eigenvalue weighted by Gasteiger charge is 2.06. The summed E-state index contributed by atoms with van der Waals surface area (Å²) in [4.78, 5) is 16.1. The third-order valence-electron chi connectivity index (χ3n) is 2.35. The summed E-state index contributed by atoms with van der Waals surface area (Å²) in [6, 6.07) is 10.4. The number of nitrogens with one attached hydrogen (secondary N) is 1. The zero-order valence-corrected chi connectivity index (χ0v) is 10.3. The number of nitrogens with two attached hydrogens (primary N) is 1. The Morgan fingerprint density at radius 1 is 1.17 bits per heavy atom. The van der Waals surface area contributed by atoms with Gasteiger partial charge in [-0.2, -0.15) is 0 Å². The number of carbonyl (C=O) groups excluding carboxylic acids is 1. The topological polar surface area (TPSA) is 68.0 Å². The predicted molar refractivity (Wildman–Crippen MR) is 74.5 cm³/mol. The zero-order chi connectivity index (χ0) is 13.0. The van der Waals surface area contributed by atoms with E-state index in [0.29, 0.717) is 16.2 Å². The molecule has 2 aromatic rings. The van der Waals surface area contributed by atoms with E-state index in [0.717, 1.165) is 5.56 Å². The molecule has 5 heteroatoms. The van der Waals surface area contributed by atoms with E-state index in [9.17, 15) is 4.79 Å². The van der Waals surface area contributed by atoms with Gasteiger partial charge in [0.05, 0.1) is 0 Å². The van der Waals surface area contributed by atoms with Gasteiger partial charge in [-0.3, -0.25) is 9.78 Å². The number of thiocarbonyl (C=S) groups is 1. The molecular formula is C13H11N3OS. The number of hydrogen-bond acceptors (Lipinski definition) is 3. The number of benzene rings is 1. The van der Waals surface area contributed by atoms with Crippen LogP contribution in [-0.2, 0) is 0 Å². The van der Waals surface area contributed by atoms with Crippen LogP contribution in [0.15, 0.2) is 48.8 Å². The molecule has 0 unspecified atom stereocenters. The lowest BCUT2D eigenvalue weighted by atomic mass is 10.2. The molecule has 1 aromatic carbocycles. The van der Waals surface area contributed by atoms with Crippen molar-refractivity contribution in [3.05, 3.63) is 59.9 Å². The summed E-state index contributed by atoms with van der Waals surface area (Å²) in [5.74, 6) is -0.197. The Hall–Kier alpha value is -2.27. The van der Waals surface area contributed by atoms with E-state index in [1.807, 2.05) is 0 Å². The van der Waals surface area contributed by atoms with Gasteiger partial charge in [0.2, 0.25) is 0 Å².